The summed E-state index contributed by atoms with van der Waals surface area (Å²) in [5.41, 5.74) is 0. The fourth-order valence-corrected chi connectivity index (χ4v) is 2.61. The van der Waals surface area contributed by atoms with Crippen LogP contribution in [0.15, 0.2) is 0 Å². The van der Waals surface area contributed by atoms with E-state index >= 15 is 0 Å². The lowest BCUT2D eigenvalue weighted by molar-refractivity contribution is 0.179. The summed E-state index contributed by atoms with van der Waals surface area (Å²) in [6.45, 7) is 0.129. The van der Waals surface area contributed by atoms with Crippen LogP contribution in [-0.2, 0) is 5.11 Å². The molecule has 1 aliphatic heterocycles. The molecule has 1 fully saturated rings. The molecule has 0 aromatic heterocycles. The van der Waals surface area contributed by atoms with E-state index in [2.05, 4.69) is 11.8 Å². The molecular formula is C8H15OS. The average Bonchev–Trinajstić information content (AvgIpc) is 2.03. The van der Waals surface area contributed by atoms with Crippen molar-refractivity contribution in [1.29, 1.82) is 0 Å². The topological polar surface area (TPSA) is 19.9 Å². The highest BCUT2D eigenvalue weighted by molar-refractivity contribution is 7.99. The number of rotatable bonds is 3. The highest BCUT2D eigenvalue weighted by Gasteiger charge is 2.12. The van der Waals surface area contributed by atoms with Gasteiger partial charge in [-0.15, -0.1) is 0 Å². The molecule has 0 spiro atoms. The summed E-state index contributed by atoms with van der Waals surface area (Å²) in [4.78, 5) is 0. The summed E-state index contributed by atoms with van der Waals surface area (Å²) in [7, 11) is 0. The molecule has 1 radical (unpaired) electrons. The van der Waals surface area contributed by atoms with Crippen LogP contribution in [0.1, 0.15) is 25.7 Å². The molecule has 0 aromatic carbocycles. The quantitative estimate of drug-likeness (QED) is 0.619. The van der Waals surface area contributed by atoms with E-state index in [-0.39, 0.29) is 6.61 Å². The molecule has 0 saturated carbocycles. The van der Waals surface area contributed by atoms with E-state index in [1.54, 1.807) is 0 Å². The summed E-state index contributed by atoms with van der Waals surface area (Å²) in [6.07, 6.45) is 4.79. The molecule has 1 heterocycles. The lowest BCUT2D eigenvalue weighted by Gasteiger charge is -2.20. The van der Waals surface area contributed by atoms with Gasteiger partial charge in [-0.25, -0.2) is 5.11 Å². The SMILES string of the molecule is [O]CCCC1CCSCC1. The summed E-state index contributed by atoms with van der Waals surface area (Å²) >= 11 is 2.05. The van der Waals surface area contributed by atoms with Gasteiger partial charge in [-0.05, 0) is 43.1 Å². The van der Waals surface area contributed by atoms with Gasteiger partial charge >= 0.3 is 0 Å². The Morgan fingerprint density at radius 2 is 2.00 bits per heavy atom. The van der Waals surface area contributed by atoms with Crippen molar-refractivity contribution >= 4 is 11.8 Å². The maximum absolute atomic E-state index is 10.2. The highest BCUT2D eigenvalue weighted by atomic mass is 32.2. The maximum atomic E-state index is 10.2. The Kier molecular flexibility index (Phi) is 4.23. The maximum Gasteiger partial charge on any atom is 0.0822 e. The van der Waals surface area contributed by atoms with Gasteiger partial charge in [-0.2, -0.15) is 11.8 Å². The van der Waals surface area contributed by atoms with Crippen LogP contribution in [0.3, 0.4) is 0 Å². The minimum absolute atomic E-state index is 0.129. The zero-order chi connectivity index (χ0) is 7.23. The lowest BCUT2D eigenvalue weighted by Crippen LogP contribution is -2.09. The van der Waals surface area contributed by atoms with Gasteiger partial charge in [0, 0.05) is 0 Å². The zero-order valence-corrected chi connectivity index (χ0v) is 7.16. The molecule has 0 aromatic rings. The van der Waals surface area contributed by atoms with Crippen molar-refractivity contribution in [1.82, 2.24) is 0 Å². The van der Waals surface area contributed by atoms with Crippen molar-refractivity contribution in [2.24, 2.45) is 5.92 Å². The predicted molar refractivity (Wildman–Crippen MR) is 44.8 cm³/mol. The highest BCUT2D eigenvalue weighted by Crippen LogP contribution is 2.25. The fraction of sp³-hybridized carbons (Fsp3) is 1.00. The molecule has 0 N–H and O–H groups in total. The van der Waals surface area contributed by atoms with E-state index in [4.69, 9.17) is 0 Å². The van der Waals surface area contributed by atoms with Gasteiger partial charge in [0.25, 0.3) is 0 Å². The molecule has 0 atom stereocenters. The summed E-state index contributed by atoms with van der Waals surface area (Å²) in [5.74, 6) is 3.53. The van der Waals surface area contributed by atoms with E-state index in [0.29, 0.717) is 0 Å². The summed E-state index contributed by atoms with van der Waals surface area (Å²) in [5, 5.41) is 10.2. The first kappa shape index (κ1) is 8.41. The van der Waals surface area contributed by atoms with Gasteiger partial charge in [0.15, 0.2) is 0 Å². The minimum Gasteiger partial charge on any atom is -0.237 e. The Hall–Kier alpha value is 0.310. The van der Waals surface area contributed by atoms with Crippen molar-refractivity contribution in [2.75, 3.05) is 18.1 Å². The second-order valence-electron chi connectivity index (χ2n) is 2.90. The number of thioether (sulfide) groups is 1. The van der Waals surface area contributed by atoms with Gasteiger partial charge in [0.1, 0.15) is 0 Å². The molecule has 1 aliphatic rings. The Labute approximate surface area is 67.2 Å². The predicted octanol–water partition coefficient (Wildman–Crippen LogP) is 2.34. The van der Waals surface area contributed by atoms with E-state index in [9.17, 15) is 5.11 Å². The van der Waals surface area contributed by atoms with Crippen molar-refractivity contribution in [3.05, 3.63) is 0 Å². The molecule has 1 saturated heterocycles. The van der Waals surface area contributed by atoms with Crippen molar-refractivity contribution in [3.63, 3.8) is 0 Å². The fourth-order valence-electron chi connectivity index (χ4n) is 1.41. The van der Waals surface area contributed by atoms with E-state index in [1.807, 2.05) is 0 Å². The van der Waals surface area contributed by atoms with Gasteiger partial charge in [0.2, 0.25) is 0 Å². The van der Waals surface area contributed by atoms with E-state index < -0.39 is 0 Å². The van der Waals surface area contributed by atoms with E-state index in [0.717, 1.165) is 12.3 Å². The van der Waals surface area contributed by atoms with Crippen LogP contribution in [0.2, 0.25) is 0 Å². The molecule has 10 heavy (non-hydrogen) atoms. The third-order valence-electron chi connectivity index (χ3n) is 2.10. The van der Waals surface area contributed by atoms with Crippen molar-refractivity contribution in [3.8, 4) is 0 Å². The largest absolute Gasteiger partial charge is 0.237 e. The third-order valence-corrected chi connectivity index (χ3v) is 3.15. The number of hydrogen-bond acceptors (Lipinski definition) is 1. The average molecular weight is 159 g/mol. The first-order chi connectivity index (χ1) is 4.93. The molecule has 59 valence electrons. The molecule has 2 heteroatoms. The smallest absolute Gasteiger partial charge is 0.0822 e. The van der Waals surface area contributed by atoms with Crippen LogP contribution in [0.25, 0.3) is 0 Å². The Balaban J connectivity index is 2.02. The molecule has 0 aliphatic carbocycles. The number of hydrogen-bond donors (Lipinski definition) is 0. The van der Waals surface area contributed by atoms with Gasteiger partial charge in [0.05, 0.1) is 6.61 Å². The first-order valence-electron chi connectivity index (χ1n) is 4.09. The van der Waals surface area contributed by atoms with Crippen LogP contribution in [0.5, 0.6) is 0 Å². The van der Waals surface area contributed by atoms with Crippen LogP contribution in [0, 0.1) is 5.92 Å². The van der Waals surface area contributed by atoms with E-state index in [1.165, 1.54) is 30.8 Å². The molecular weight excluding hydrogens is 144 g/mol. The molecule has 1 nitrogen and oxygen atoms in total. The van der Waals surface area contributed by atoms with Crippen molar-refractivity contribution < 1.29 is 5.11 Å². The van der Waals surface area contributed by atoms with Crippen LogP contribution < -0.4 is 0 Å². The Morgan fingerprint density at radius 3 is 2.60 bits per heavy atom. The first-order valence-corrected chi connectivity index (χ1v) is 5.25. The van der Waals surface area contributed by atoms with Crippen molar-refractivity contribution in [2.45, 2.75) is 25.7 Å². The monoisotopic (exact) mass is 159 g/mol. The Morgan fingerprint density at radius 1 is 1.30 bits per heavy atom. The molecule has 0 bridgehead atoms. The van der Waals surface area contributed by atoms with Gasteiger partial charge in [-0.3, -0.25) is 0 Å². The normalized spacial score (nSPS) is 21.3. The van der Waals surface area contributed by atoms with Crippen LogP contribution in [-0.4, -0.2) is 18.1 Å². The van der Waals surface area contributed by atoms with Crippen LogP contribution >= 0.6 is 11.8 Å². The second-order valence-corrected chi connectivity index (χ2v) is 4.13. The molecule has 0 unspecified atom stereocenters. The van der Waals surface area contributed by atoms with Crippen LogP contribution in [0.4, 0.5) is 0 Å². The molecule has 0 amide bonds. The Bertz CT molecular complexity index is 79.3. The lowest BCUT2D eigenvalue weighted by atomic mass is 9.97. The van der Waals surface area contributed by atoms with Gasteiger partial charge < -0.3 is 0 Å². The zero-order valence-electron chi connectivity index (χ0n) is 6.34. The standard InChI is InChI=1S/C8H15OS/c9-5-1-2-8-3-6-10-7-4-8/h8H,1-7H2. The second kappa shape index (κ2) is 5.03. The minimum atomic E-state index is 0.129. The summed E-state index contributed by atoms with van der Waals surface area (Å²) in [6, 6.07) is 0. The summed E-state index contributed by atoms with van der Waals surface area (Å²) < 4.78 is 0. The third kappa shape index (κ3) is 2.93. The molecule has 1 rings (SSSR count). The van der Waals surface area contributed by atoms with Gasteiger partial charge in [-0.1, -0.05) is 0 Å².